The molecule has 0 fully saturated rings. The lowest BCUT2D eigenvalue weighted by Crippen LogP contribution is -2.02. The predicted octanol–water partition coefficient (Wildman–Crippen LogP) is 2.20. The van der Waals surface area contributed by atoms with Gasteiger partial charge in [0, 0.05) is 11.8 Å². The molecule has 0 saturated heterocycles. The van der Waals surface area contributed by atoms with E-state index in [0.717, 1.165) is 17.0 Å². The Labute approximate surface area is 110 Å². The molecule has 100 valence electrons. The molecule has 0 unspecified atom stereocenters. The molecule has 1 aromatic heterocycles. The third-order valence-corrected chi connectivity index (χ3v) is 3.33. The molecule has 0 bridgehead atoms. The maximum absolute atomic E-state index is 10.8. The average Bonchev–Trinajstić information content (AvgIpc) is 2.65. The summed E-state index contributed by atoms with van der Waals surface area (Å²) in [4.78, 5) is 10.3. The fourth-order valence-corrected chi connectivity index (χ4v) is 1.98. The number of benzene rings is 1. The van der Waals surface area contributed by atoms with Crippen LogP contribution in [0.3, 0.4) is 0 Å². The number of aliphatic hydroxyl groups is 1. The monoisotopic (exact) mass is 261 g/mol. The van der Waals surface area contributed by atoms with Crippen molar-refractivity contribution in [2.75, 3.05) is 0 Å². The highest BCUT2D eigenvalue weighted by atomic mass is 16.6. The molecule has 1 N–H and O–H groups in total. The van der Waals surface area contributed by atoms with Crippen molar-refractivity contribution in [2.45, 2.75) is 27.4 Å². The molecule has 1 aromatic carbocycles. The van der Waals surface area contributed by atoms with Crippen LogP contribution in [0.25, 0.3) is 5.69 Å². The Morgan fingerprint density at radius 1 is 1.37 bits per heavy atom. The van der Waals surface area contributed by atoms with Crippen molar-refractivity contribution in [3.8, 4) is 5.69 Å². The number of nitrogens with zero attached hydrogens (tertiary/aromatic N) is 3. The van der Waals surface area contributed by atoms with Crippen LogP contribution in [0.15, 0.2) is 18.2 Å². The summed E-state index contributed by atoms with van der Waals surface area (Å²) in [7, 11) is 0. The minimum atomic E-state index is -0.498. The van der Waals surface area contributed by atoms with Gasteiger partial charge >= 0.3 is 0 Å². The lowest BCUT2D eigenvalue weighted by atomic mass is 10.1. The number of aromatic nitrogens is 2. The second kappa shape index (κ2) is 4.81. The second-order valence-corrected chi connectivity index (χ2v) is 4.44. The van der Waals surface area contributed by atoms with Crippen LogP contribution in [-0.4, -0.2) is 19.8 Å². The maximum Gasteiger partial charge on any atom is 0.275 e. The van der Waals surface area contributed by atoms with Crippen molar-refractivity contribution in [3.05, 3.63) is 50.8 Å². The van der Waals surface area contributed by atoms with Gasteiger partial charge in [-0.1, -0.05) is 0 Å². The van der Waals surface area contributed by atoms with Crippen molar-refractivity contribution in [1.82, 2.24) is 9.78 Å². The number of nitro benzene ring substituents is 1. The zero-order valence-electron chi connectivity index (χ0n) is 11.0. The molecule has 0 aliphatic heterocycles. The van der Waals surface area contributed by atoms with E-state index in [2.05, 4.69) is 5.10 Å². The third-order valence-electron chi connectivity index (χ3n) is 3.33. The lowest BCUT2D eigenvalue weighted by molar-refractivity contribution is -0.385. The number of nitro groups is 1. The van der Waals surface area contributed by atoms with Gasteiger partial charge in [-0.05, 0) is 38.5 Å². The fourth-order valence-electron chi connectivity index (χ4n) is 1.98. The first-order valence-corrected chi connectivity index (χ1v) is 5.87. The van der Waals surface area contributed by atoms with Crippen molar-refractivity contribution in [2.24, 2.45) is 0 Å². The van der Waals surface area contributed by atoms with E-state index in [4.69, 9.17) is 0 Å². The van der Waals surface area contributed by atoms with Crippen LogP contribution in [0, 0.1) is 30.9 Å². The molecule has 0 aliphatic rings. The van der Waals surface area contributed by atoms with Gasteiger partial charge in [0.15, 0.2) is 0 Å². The Bertz CT molecular complexity index is 647. The van der Waals surface area contributed by atoms with Crippen LogP contribution in [0.5, 0.6) is 0 Å². The third kappa shape index (κ3) is 2.22. The first kappa shape index (κ1) is 13.2. The van der Waals surface area contributed by atoms with Crippen LogP contribution < -0.4 is 0 Å². The highest BCUT2D eigenvalue weighted by Crippen LogP contribution is 2.24. The minimum absolute atomic E-state index is 0.0792. The summed E-state index contributed by atoms with van der Waals surface area (Å²) in [5.74, 6) is 0. The molecule has 0 atom stereocenters. The summed E-state index contributed by atoms with van der Waals surface area (Å²) < 4.78 is 1.73. The van der Waals surface area contributed by atoms with Crippen LogP contribution in [-0.2, 0) is 6.61 Å². The summed E-state index contributed by atoms with van der Waals surface area (Å²) in [5, 5.41) is 24.5. The van der Waals surface area contributed by atoms with Crippen LogP contribution in [0.2, 0.25) is 0 Å². The largest absolute Gasteiger partial charge is 0.391 e. The van der Waals surface area contributed by atoms with E-state index in [1.165, 1.54) is 6.07 Å². The maximum atomic E-state index is 10.8. The first-order chi connectivity index (χ1) is 8.95. The van der Waals surface area contributed by atoms with Gasteiger partial charge in [-0.3, -0.25) is 10.1 Å². The molecular weight excluding hydrogens is 246 g/mol. The van der Waals surface area contributed by atoms with Crippen molar-refractivity contribution >= 4 is 5.69 Å². The van der Waals surface area contributed by atoms with E-state index >= 15 is 0 Å². The quantitative estimate of drug-likeness (QED) is 0.678. The summed E-state index contributed by atoms with van der Waals surface area (Å²) in [6.45, 7) is 5.46. The van der Waals surface area contributed by atoms with E-state index in [1.807, 2.05) is 20.8 Å². The molecule has 0 spiro atoms. The molecular formula is C13H15N3O3. The predicted molar refractivity (Wildman–Crippen MR) is 70.4 cm³/mol. The van der Waals surface area contributed by atoms with E-state index in [0.29, 0.717) is 5.69 Å². The van der Waals surface area contributed by atoms with E-state index in [-0.39, 0.29) is 17.9 Å². The van der Waals surface area contributed by atoms with Crippen molar-refractivity contribution in [1.29, 1.82) is 0 Å². The van der Waals surface area contributed by atoms with Gasteiger partial charge in [-0.15, -0.1) is 0 Å². The van der Waals surface area contributed by atoms with Gasteiger partial charge in [-0.25, -0.2) is 4.68 Å². The lowest BCUT2D eigenvalue weighted by Gasteiger charge is -2.07. The second-order valence-electron chi connectivity index (χ2n) is 4.44. The zero-order valence-corrected chi connectivity index (χ0v) is 11.0. The van der Waals surface area contributed by atoms with Crippen LogP contribution in [0.1, 0.15) is 22.5 Å². The molecule has 0 aliphatic carbocycles. The molecule has 19 heavy (non-hydrogen) atoms. The molecule has 6 nitrogen and oxygen atoms in total. The van der Waals surface area contributed by atoms with Gasteiger partial charge in [0.05, 0.1) is 28.5 Å². The first-order valence-electron chi connectivity index (χ1n) is 5.87. The molecule has 2 aromatic rings. The smallest absolute Gasteiger partial charge is 0.275 e. The van der Waals surface area contributed by atoms with Gasteiger partial charge < -0.3 is 5.11 Å². The Morgan fingerprint density at radius 2 is 2.05 bits per heavy atom. The molecule has 6 heteroatoms. The van der Waals surface area contributed by atoms with Crippen LogP contribution >= 0.6 is 0 Å². The summed E-state index contributed by atoms with van der Waals surface area (Å²) in [6.07, 6.45) is 0. The fraction of sp³-hybridized carbons (Fsp3) is 0.308. The average molecular weight is 261 g/mol. The highest BCUT2D eigenvalue weighted by molar-refractivity contribution is 5.49. The number of hydrogen-bond acceptors (Lipinski definition) is 4. The molecule has 0 saturated carbocycles. The normalized spacial score (nSPS) is 10.7. The molecule has 1 heterocycles. The Morgan fingerprint density at radius 3 is 2.53 bits per heavy atom. The van der Waals surface area contributed by atoms with Gasteiger partial charge in [-0.2, -0.15) is 5.10 Å². The number of aliphatic hydroxyl groups excluding tert-OH is 1. The highest BCUT2D eigenvalue weighted by Gasteiger charge is 2.16. The molecule has 0 radical (unpaired) electrons. The van der Waals surface area contributed by atoms with Gasteiger partial charge in [0.1, 0.15) is 0 Å². The number of rotatable bonds is 3. The summed E-state index contributed by atoms with van der Waals surface area (Å²) >= 11 is 0. The SMILES string of the molecule is Cc1nn(-c2ccc([N+](=O)[O-])c(CO)c2)c(C)c1C. The van der Waals surface area contributed by atoms with E-state index < -0.39 is 4.92 Å². The Balaban J connectivity index is 2.58. The minimum Gasteiger partial charge on any atom is -0.391 e. The molecule has 0 amide bonds. The van der Waals surface area contributed by atoms with Gasteiger partial charge in [0.25, 0.3) is 5.69 Å². The van der Waals surface area contributed by atoms with E-state index in [9.17, 15) is 15.2 Å². The van der Waals surface area contributed by atoms with Crippen LogP contribution in [0.4, 0.5) is 5.69 Å². The Hall–Kier alpha value is -2.21. The van der Waals surface area contributed by atoms with Crippen molar-refractivity contribution in [3.63, 3.8) is 0 Å². The standard InChI is InChI=1S/C13H15N3O3/c1-8-9(2)14-15(10(8)3)12-4-5-13(16(18)19)11(6-12)7-17/h4-6,17H,7H2,1-3H3. The van der Waals surface area contributed by atoms with Crippen molar-refractivity contribution < 1.29 is 10.0 Å². The Kier molecular flexibility index (Phi) is 3.35. The number of aryl methyl sites for hydroxylation is 1. The number of hydrogen-bond donors (Lipinski definition) is 1. The topological polar surface area (TPSA) is 81.2 Å². The molecule has 2 rings (SSSR count). The summed E-state index contributed by atoms with van der Waals surface area (Å²) in [5.41, 5.74) is 3.90. The van der Waals surface area contributed by atoms with Gasteiger partial charge in [0.2, 0.25) is 0 Å². The van der Waals surface area contributed by atoms with E-state index in [1.54, 1.807) is 16.8 Å². The zero-order chi connectivity index (χ0) is 14.2. The summed E-state index contributed by atoms with van der Waals surface area (Å²) in [6, 6.07) is 4.62.